The molecule has 308 valence electrons. The summed E-state index contributed by atoms with van der Waals surface area (Å²) >= 11 is 0. The van der Waals surface area contributed by atoms with E-state index in [1.807, 2.05) is 38.1 Å². The number of phenolic OH excluding ortho intramolecular Hbond substituents is 1. The van der Waals surface area contributed by atoms with Gasteiger partial charge in [0, 0.05) is 36.5 Å². The van der Waals surface area contributed by atoms with Gasteiger partial charge in [-0.3, -0.25) is 34.2 Å². The second-order valence-corrected chi connectivity index (χ2v) is 14.3. The molecule has 0 spiro atoms. The molecule has 3 aromatic carbocycles. The average molecular weight is 797 g/mol. The van der Waals surface area contributed by atoms with E-state index in [1.165, 1.54) is 12.1 Å². The van der Waals surface area contributed by atoms with E-state index < -0.39 is 66.2 Å². The number of primary amides is 1. The molecule has 13 N–H and O–H groups in total. The van der Waals surface area contributed by atoms with Gasteiger partial charge in [-0.1, -0.05) is 74.5 Å². The molecular weight excluding hydrogens is 745 g/mol. The smallest absolute Gasteiger partial charge is 0.255 e. The Morgan fingerprint density at radius 2 is 1.38 bits per heavy atom. The first-order valence-electron chi connectivity index (χ1n) is 18.9. The van der Waals surface area contributed by atoms with Crippen molar-refractivity contribution < 1.29 is 33.9 Å². The van der Waals surface area contributed by atoms with Crippen LogP contribution in [-0.2, 0) is 36.8 Å². The van der Waals surface area contributed by atoms with Crippen LogP contribution in [0.5, 0.6) is 5.75 Å². The number of benzene rings is 3. The number of carbonyl (C=O) groups excluding carboxylic acids is 6. The fraction of sp³-hybridized carbons (Fsp3) is 0.341. The van der Waals surface area contributed by atoms with Gasteiger partial charge in [-0.15, -0.1) is 0 Å². The van der Waals surface area contributed by atoms with Crippen LogP contribution < -0.4 is 43.4 Å². The van der Waals surface area contributed by atoms with Crippen LogP contribution in [0.4, 0.5) is 0 Å². The number of para-hydroxylation sites is 2. The van der Waals surface area contributed by atoms with Crippen LogP contribution >= 0.6 is 0 Å². The van der Waals surface area contributed by atoms with Crippen LogP contribution in [0.15, 0.2) is 85.1 Å². The van der Waals surface area contributed by atoms with Crippen LogP contribution in [0.1, 0.15) is 54.6 Å². The van der Waals surface area contributed by atoms with Gasteiger partial charge in [0.1, 0.15) is 29.9 Å². The number of hydrogen-bond acceptors (Lipinski definition) is 8. The minimum atomic E-state index is -1.18. The zero-order valence-electron chi connectivity index (χ0n) is 32.5. The quantitative estimate of drug-likeness (QED) is 0.0323. The normalized spacial score (nSPS) is 13.0. The Bertz CT molecular complexity index is 2070. The van der Waals surface area contributed by atoms with Gasteiger partial charge in [0.15, 0.2) is 5.96 Å². The van der Waals surface area contributed by atoms with Crippen molar-refractivity contribution in [1.82, 2.24) is 36.9 Å². The number of hydrogen-bond donors (Lipinski definition) is 11. The highest BCUT2D eigenvalue weighted by Crippen LogP contribution is 2.20. The van der Waals surface area contributed by atoms with Crippen molar-refractivity contribution in [3.05, 3.63) is 102 Å². The van der Waals surface area contributed by atoms with E-state index in [4.69, 9.17) is 16.9 Å². The number of fused-ring (bicyclic) bond motifs is 1. The highest BCUT2D eigenvalue weighted by Gasteiger charge is 2.30. The summed E-state index contributed by atoms with van der Waals surface area (Å²) in [6, 6.07) is 17.7. The number of rotatable bonds is 21. The van der Waals surface area contributed by atoms with Crippen molar-refractivity contribution >= 4 is 52.3 Å². The molecule has 0 aliphatic carbocycles. The van der Waals surface area contributed by atoms with Crippen molar-refractivity contribution in [2.45, 2.75) is 70.1 Å². The van der Waals surface area contributed by atoms with Gasteiger partial charge in [0.05, 0.1) is 12.1 Å². The topological polar surface area (TPSA) is 287 Å². The lowest BCUT2D eigenvalue weighted by Gasteiger charge is -2.26. The van der Waals surface area contributed by atoms with Crippen molar-refractivity contribution in [1.29, 1.82) is 5.41 Å². The summed E-state index contributed by atoms with van der Waals surface area (Å²) in [5.74, 6) is -4.85. The first-order chi connectivity index (χ1) is 27.7. The Kier molecular flexibility index (Phi) is 16.2. The molecule has 17 heteroatoms. The van der Waals surface area contributed by atoms with Gasteiger partial charge in [-0.05, 0) is 54.5 Å². The summed E-state index contributed by atoms with van der Waals surface area (Å²) < 4.78 is 0. The second-order valence-electron chi connectivity index (χ2n) is 14.3. The molecule has 0 unspecified atom stereocenters. The van der Waals surface area contributed by atoms with Crippen LogP contribution in [-0.4, -0.2) is 88.8 Å². The average Bonchev–Trinajstić information content (AvgIpc) is 3.60. The maximum atomic E-state index is 13.8. The minimum Gasteiger partial charge on any atom is -0.507 e. The highest BCUT2D eigenvalue weighted by atomic mass is 16.3. The summed E-state index contributed by atoms with van der Waals surface area (Å²) in [6.07, 6.45) is 2.43. The maximum absolute atomic E-state index is 13.8. The molecular formula is C41H52N10O7. The highest BCUT2D eigenvalue weighted by molar-refractivity contribution is 6.00. The number of guanidine groups is 1. The first kappa shape index (κ1) is 43.8. The number of nitrogens with one attached hydrogen (secondary N) is 8. The molecule has 17 nitrogen and oxygen atoms in total. The summed E-state index contributed by atoms with van der Waals surface area (Å²) in [5.41, 5.74) is 13.4. The Hall–Kier alpha value is -6.91. The van der Waals surface area contributed by atoms with Gasteiger partial charge >= 0.3 is 0 Å². The standard InChI is InChI=1S/C41H52N10O7/c1-24(2)19-32(48-35(53)23-47-38(56)33(20-25-11-4-3-5-12-25)51-37(55)28-14-7-9-17-34(28)52)40(58)49-30(16-10-18-45-41(43)44)39(57)50-31(36(42)54)21-26-22-46-29-15-8-6-13-27(26)29/h3-9,11-15,17,22,24,30-33,46,52H,10,16,18-21,23H2,1-2H3,(H2,42,54)(H,47,56)(H,48,53)(H,49,58)(H,50,57)(H,51,55)(H4,43,44,45)/t30-,31-,32-,33-/m0/s1. The number of carbonyl (C=O) groups is 6. The van der Waals surface area contributed by atoms with E-state index in [0.717, 1.165) is 22.0 Å². The zero-order chi connectivity index (χ0) is 42.2. The molecule has 0 bridgehead atoms. The lowest BCUT2D eigenvalue weighted by molar-refractivity contribution is -0.133. The second kappa shape index (κ2) is 21.4. The van der Waals surface area contributed by atoms with Crippen LogP contribution in [0.2, 0.25) is 0 Å². The third kappa shape index (κ3) is 13.4. The summed E-state index contributed by atoms with van der Waals surface area (Å²) in [6.45, 7) is 3.35. The molecule has 0 radical (unpaired) electrons. The zero-order valence-corrected chi connectivity index (χ0v) is 32.5. The van der Waals surface area contributed by atoms with E-state index >= 15 is 0 Å². The van der Waals surface area contributed by atoms with Gasteiger partial charge in [0.25, 0.3) is 5.91 Å². The van der Waals surface area contributed by atoms with E-state index in [2.05, 4.69) is 36.9 Å². The van der Waals surface area contributed by atoms with Gasteiger partial charge in [0.2, 0.25) is 29.5 Å². The predicted molar refractivity (Wildman–Crippen MR) is 218 cm³/mol. The molecule has 0 fully saturated rings. The molecule has 0 aliphatic heterocycles. The minimum absolute atomic E-state index is 0.0322. The molecule has 4 rings (SSSR count). The van der Waals surface area contributed by atoms with Crippen molar-refractivity contribution in [2.24, 2.45) is 17.4 Å². The Labute approximate surface area is 336 Å². The van der Waals surface area contributed by atoms with E-state index in [9.17, 15) is 33.9 Å². The van der Waals surface area contributed by atoms with E-state index in [1.54, 1.807) is 48.7 Å². The SMILES string of the molecule is CC(C)C[C@H](NC(=O)CNC(=O)[C@H](Cc1ccccc1)NC(=O)c1ccccc1O)C(=O)N[C@@H](CCCNC(=N)N)C(=O)N[C@@H](Cc1c[nH]c2ccccc12)C(N)=O. The number of aromatic amines is 1. The van der Waals surface area contributed by atoms with Gasteiger partial charge in [-0.25, -0.2) is 0 Å². The number of aromatic hydroxyl groups is 1. The molecule has 1 aromatic heterocycles. The summed E-state index contributed by atoms with van der Waals surface area (Å²) in [7, 11) is 0. The molecule has 4 atom stereocenters. The largest absolute Gasteiger partial charge is 0.507 e. The molecule has 0 aliphatic rings. The number of aromatic nitrogens is 1. The first-order valence-corrected chi connectivity index (χ1v) is 18.9. The monoisotopic (exact) mass is 796 g/mol. The fourth-order valence-corrected chi connectivity index (χ4v) is 6.29. The summed E-state index contributed by atoms with van der Waals surface area (Å²) in [4.78, 5) is 83.0. The fourth-order valence-electron chi connectivity index (χ4n) is 6.29. The van der Waals surface area contributed by atoms with Crippen molar-refractivity contribution in [3.63, 3.8) is 0 Å². The molecule has 1 heterocycles. The molecule has 0 saturated heterocycles. The predicted octanol–water partition coefficient (Wildman–Crippen LogP) is 0.823. The van der Waals surface area contributed by atoms with Crippen molar-refractivity contribution in [3.8, 4) is 5.75 Å². The van der Waals surface area contributed by atoms with Gasteiger partial charge < -0.3 is 53.5 Å². The Balaban J connectivity index is 1.44. The van der Waals surface area contributed by atoms with Crippen molar-refractivity contribution in [2.75, 3.05) is 13.1 Å². The molecule has 58 heavy (non-hydrogen) atoms. The molecule has 4 aromatic rings. The number of phenols is 1. The summed E-state index contributed by atoms with van der Waals surface area (Å²) in [5, 5.41) is 34.3. The number of H-pyrrole nitrogens is 1. The maximum Gasteiger partial charge on any atom is 0.255 e. The number of nitrogens with two attached hydrogens (primary N) is 2. The number of amides is 6. The Morgan fingerprint density at radius 3 is 2.07 bits per heavy atom. The van der Waals surface area contributed by atoms with Crippen LogP contribution in [0.25, 0.3) is 10.9 Å². The Morgan fingerprint density at radius 1 is 0.724 bits per heavy atom. The van der Waals surface area contributed by atoms with Gasteiger partial charge in [-0.2, -0.15) is 0 Å². The third-order valence-corrected chi connectivity index (χ3v) is 9.21. The van der Waals surface area contributed by atoms with E-state index in [0.29, 0.717) is 6.42 Å². The lowest BCUT2D eigenvalue weighted by atomic mass is 10.0. The van der Waals surface area contributed by atoms with Crippen LogP contribution in [0, 0.1) is 11.3 Å². The van der Waals surface area contributed by atoms with Crippen LogP contribution in [0.3, 0.4) is 0 Å². The molecule has 0 saturated carbocycles. The lowest BCUT2D eigenvalue weighted by Crippen LogP contribution is -2.57. The van der Waals surface area contributed by atoms with E-state index in [-0.39, 0.29) is 55.4 Å². The third-order valence-electron chi connectivity index (χ3n) is 9.21. The molecule has 6 amide bonds.